The number of nitrogens with one attached hydrogen (secondary N) is 1. The molecular formula is C19H27N3O4. The molecule has 142 valence electrons. The number of nitrogens with zero attached hydrogens (tertiary/aromatic N) is 2. The van der Waals surface area contributed by atoms with E-state index in [0.29, 0.717) is 35.9 Å². The van der Waals surface area contributed by atoms with Crippen molar-refractivity contribution in [3.8, 4) is 11.5 Å². The van der Waals surface area contributed by atoms with Crippen molar-refractivity contribution in [1.82, 2.24) is 15.1 Å². The van der Waals surface area contributed by atoms with E-state index >= 15 is 0 Å². The number of carbonyl (C=O) groups is 2. The predicted octanol–water partition coefficient (Wildman–Crippen LogP) is 1.34. The molecule has 2 aliphatic heterocycles. The van der Waals surface area contributed by atoms with E-state index in [9.17, 15) is 9.59 Å². The van der Waals surface area contributed by atoms with Crippen molar-refractivity contribution in [2.75, 3.05) is 46.1 Å². The third kappa shape index (κ3) is 4.66. The lowest BCUT2D eigenvalue weighted by atomic mass is 10.1. The summed E-state index contributed by atoms with van der Waals surface area (Å²) in [6.45, 7) is 8.92. The van der Waals surface area contributed by atoms with Gasteiger partial charge < -0.3 is 19.7 Å². The van der Waals surface area contributed by atoms with Crippen LogP contribution in [0.1, 0.15) is 30.6 Å². The van der Waals surface area contributed by atoms with E-state index in [2.05, 4.69) is 24.1 Å². The van der Waals surface area contributed by atoms with Gasteiger partial charge in [0, 0.05) is 51.3 Å². The summed E-state index contributed by atoms with van der Waals surface area (Å²) in [5.74, 6) is 1.81. The zero-order valence-corrected chi connectivity index (χ0v) is 15.5. The van der Waals surface area contributed by atoms with E-state index in [1.165, 1.54) is 0 Å². The second-order valence-electron chi connectivity index (χ2n) is 7.14. The summed E-state index contributed by atoms with van der Waals surface area (Å²) in [4.78, 5) is 28.6. The first kappa shape index (κ1) is 18.5. The molecule has 0 atom stereocenters. The minimum absolute atomic E-state index is 0.117. The molecule has 0 aliphatic carbocycles. The van der Waals surface area contributed by atoms with E-state index in [4.69, 9.17) is 9.47 Å². The maximum Gasteiger partial charge on any atom is 0.251 e. The lowest BCUT2D eigenvalue weighted by Crippen LogP contribution is -2.50. The van der Waals surface area contributed by atoms with Crippen molar-refractivity contribution < 1.29 is 19.1 Å². The van der Waals surface area contributed by atoms with Crippen LogP contribution in [0.5, 0.6) is 11.5 Å². The van der Waals surface area contributed by atoms with Crippen molar-refractivity contribution >= 4 is 11.8 Å². The van der Waals surface area contributed by atoms with Crippen LogP contribution < -0.4 is 14.8 Å². The first-order valence-corrected chi connectivity index (χ1v) is 9.21. The van der Waals surface area contributed by atoms with Crippen molar-refractivity contribution in [3.05, 3.63) is 23.8 Å². The summed E-state index contributed by atoms with van der Waals surface area (Å²) < 4.78 is 10.6. The Kier molecular flexibility index (Phi) is 5.98. The van der Waals surface area contributed by atoms with Crippen molar-refractivity contribution in [3.63, 3.8) is 0 Å². The third-order valence-electron chi connectivity index (χ3n) is 4.66. The molecule has 26 heavy (non-hydrogen) atoms. The second kappa shape index (κ2) is 8.40. The molecule has 2 aliphatic rings. The minimum atomic E-state index is -0.117. The van der Waals surface area contributed by atoms with E-state index in [1.54, 1.807) is 18.2 Å². The third-order valence-corrected chi connectivity index (χ3v) is 4.66. The Morgan fingerprint density at radius 2 is 1.85 bits per heavy atom. The summed E-state index contributed by atoms with van der Waals surface area (Å²) in [5.41, 5.74) is 0.568. The van der Waals surface area contributed by atoms with Crippen LogP contribution in [0.2, 0.25) is 0 Å². The average molecular weight is 361 g/mol. The Labute approximate surface area is 154 Å². The fourth-order valence-corrected chi connectivity index (χ4v) is 3.17. The van der Waals surface area contributed by atoms with Gasteiger partial charge in [-0.15, -0.1) is 0 Å². The van der Waals surface area contributed by atoms with Crippen LogP contribution in [-0.4, -0.2) is 67.7 Å². The van der Waals surface area contributed by atoms with Crippen LogP contribution in [0.25, 0.3) is 0 Å². The van der Waals surface area contributed by atoms with Gasteiger partial charge in [0.25, 0.3) is 5.91 Å². The Hall–Kier alpha value is -2.28. The van der Waals surface area contributed by atoms with Crippen molar-refractivity contribution in [1.29, 1.82) is 0 Å². The number of piperazine rings is 1. The lowest BCUT2D eigenvalue weighted by molar-refractivity contribution is -0.133. The zero-order valence-electron chi connectivity index (χ0n) is 15.5. The molecule has 0 saturated carbocycles. The maximum absolute atomic E-state index is 12.3. The first-order chi connectivity index (χ1) is 12.5. The van der Waals surface area contributed by atoms with E-state index in [0.717, 1.165) is 32.7 Å². The molecule has 3 rings (SSSR count). The standard InChI is InChI=1S/C19H27N3O4/c1-14(2)11-18(23)22-9-7-21(8-10-22)6-5-20-19(24)15-3-4-16-17(12-15)26-13-25-16/h3-4,12,14H,5-11,13H2,1-2H3,(H,20,24). The molecule has 1 aromatic carbocycles. The number of hydrogen-bond donors (Lipinski definition) is 1. The summed E-state index contributed by atoms with van der Waals surface area (Å²) in [6, 6.07) is 5.20. The minimum Gasteiger partial charge on any atom is -0.454 e. The monoisotopic (exact) mass is 361 g/mol. The molecule has 1 fully saturated rings. The van der Waals surface area contributed by atoms with Gasteiger partial charge in [0.05, 0.1) is 0 Å². The lowest BCUT2D eigenvalue weighted by Gasteiger charge is -2.35. The molecule has 0 radical (unpaired) electrons. The number of carbonyl (C=O) groups excluding carboxylic acids is 2. The van der Waals surface area contributed by atoms with Crippen LogP contribution in [0.3, 0.4) is 0 Å². The molecule has 7 heteroatoms. The summed E-state index contributed by atoms with van der Waals surface area (Å²) in [6.07, 6.45) is 0.617. The predicted molar refractivity (Wildman–Crippen MR) is 97.4 cm³/mol. The van der Waals surface area contributed by atoms with Crippen LogP contribution >= 0.6 is 0 Å². The van der Waals surface area contributed by atoms with Gasteiger partial charge >= 0.3 is 0 Å². The van der Waals surface area contributed by atoms with Crippen LogP contribution in [0.15, 0.2) is 18.2 Å². The Bertz CT molecular complexity index is 654. The number of hydrogen-bond acceptors (Lipinski definition) is 5. The summed E-state index contributed by atoms with van der Waals surface area (Å²) in [5, 5.41) is 2.94. The zero-order chi connectivity index (χ0) is 18.5. The molecule has 7 nitrogen and oxygen atoms in total. The maximum atomic E-state index is 12.3. The largest absolute Gasteiger partial charge is 0.454 e. The van der Waals surface area contributed by atoms with Gasteiger partial charge in [0.15, 0.2) is 11.5 Å². The second-order valence-corrected chi connectivity index (χ2v) is 7.14. The SMILES string of the molecule is CC(C)CC(=O)N1CCN(CCNC(=O)c2ccc3c(c2)OCO3)CC1. The summed E-state index contributed by atoms with van der Waals surface area (Å²) >= 11 is 0. The molecule has 1 aromatic rings. The fraction of sp³-hybridized carbons (Fsp3) is 0.579. The highest BCUT2D eigenvalue weighted by Crippen LogP contribution is 2.32. The quantitative estimate of drug-likeness (QED) is 0.828. The van der Waals surface area contributed by atoms with E-state index in [1.807, 2.05) is 4.90 Å². The molecular weight excluding hydrogens is 334 g/mol. The first-order valence-electron chi connectivity index (χ1n) is 9.21. The van der Waals surface area contributed by atoms with Crippen LogP contribution in [-0.2, 0) is 4.79 Å². The molecule has 0 unspecified atom stereocenters. The van der Waals surface area contributed by atoms with Gasteiger partial charge in [0.2, 0.25) is 12.7 Å². The normalized spacial score (nSPS) is 16.8. The fourth-order valence-electron chi connectivity index (χ4n) is 3.17. The Morgan fingerprint density at radius 1 is 1.12 bits per heavy atom. The number of rotatable bonds is 6. The molecule has 2 heterocycles. The van der Waals surface area contributed by atoms with Gasteiger partial charge in [-0.2, -0.15) is 0 Å². The molecule has 0 aromatic heterocycles. The number of benzene rings is 1. The highest BCUT2D eigenvalue weighted by Gasteiger charge is 2.21. The molecule has 0 bridgehead atoms. The van der Waals surface area contributed by atoms with Crippen LogP contribution in [0, 0.1) is 5.92 Å². The number of amides is 2. The van der Waals surface area contributed by atoms with Gasteiger partial charge in [-0.25, -0.2) is 0 Å². The van der Waals surface area contributed by atoms with Crippen molar-refractivity contribution in [2.45, 2.75) is 20.3 Å². The van der Waals surface area contributed by atoms with E-state index < -0.39 is 0 Å². The van der Waals surface area contributed by atoms with Crippen LogP contribution in [0.4, 0.5) is 0 Å². The Balaban J connectivity index is 1.38. The molecule has 1 saturated heterocycles. The summed E-state index contributed by atoms with van der Waals surface area (Å²) in [7, 11) is 0. The Morgan fingerprint density at radius 3 is 2.58 bits per heavy atom. The van der Waals surface area contributed by atoms with Gasteiger partial charge in [0.1, 0.15) is 0 Å². The highest BCUT2D eigenvalue weighted by molar-refractivity contribution is 5.94. The topological polar surface area (TPSA) is 71.1 Å². The molecule has 0 spiro atoms. The van der Waals surface area contributed by atoms with Crippen molar-refractivity contribution in [2.24, 2.45) is 5.92 Å². The highest BCUT2D eigenvalue weighted by atomic mass is 16.7. The molecule has 2 amide bonds. The number of fused-ring (bicyclic) bond motifs is 1. The van der Waals surface area contributed by atoms with Gasteiger partial charge in [-0.05, 0) is 24.1 Å². The molecule has 1 N–H and O–H groups in total. The van der Waals surface area contributed by atoms with Gasteiger partial charge in [-0.3, -0.25) is 14.5 Å². The smallest absolute Gasteiger partial charge is 0.251 e. The van der Waals surface area contributed by atoms with E-state index in [-0.39, 0.29) is 18.6 Å². The average Bonchev–Trinajstić information content (AvgIpc) is 3.09. The van der Waals surface area contributed by atoms with Gasteiger partial charge in [-0.1, -0.05) is 13.8 Å². The number of ether oxygens (including phenoxy) is 2.